The minimum absolute atomic E-state index is 0.153. The van der Waals surface area contributed by atoms with Crippen LogP contribution >= 0.6 is 15.9 Å². The zero-order chi connectivity index (χ0) is 13.2. The van der Waals surface area contributed by atoms with E-state index in [1.54, 1.807) is 0 Å². The Morgan fingerprint density at radius 1 is 1.53 bits per heavy atom. The molecule has 102 valence electrons. The van der Waals surface area contributed by atoms with E-state index < -0.39 is 0 Å². The smallest absolute Gasteiger partial charge is 0.228 e. The molecule has 1 aromatic rings. The summed E-state index contributed by atoms with van der Waals surface area (Å²) in [5.74, 6) is 0.184. The summed E-state index contributed by atoms with van der Waals surface area (Å²) in [4.78, 5) is 14.3. The van der Waals surface area contributed by atoms with Gasteiger partial charge in [-0.2, -0.15) is 0 Å². The monoisotopic (exact) mass is 324 g/mol. The van der Waals surface area contributed by atoms with E-state index in [9.17, 15) is 4.79 Å². The number of hydrogen-bond acceptors (Lipinski definition) is 3. The van der Waals surface area contributed by atoms with E-state index in [0.717, 1.165) is 36.3 Å². The van der Waals surface area contributed by atoms with Crippen molar-refractivity contribution >= 4 is 27.5 Å². The number of amides is 1. The third-order valence-corrected chi connectivity index (χ3v) is 4.15. The highest BCUT2D eigenvalue weighted by Gasteiger charge is 2.27. The maximum Gasteiger partial charge on any atom is 0.228 e. The van der Waals surface area contributed by atoms with E-state index in [1.165, 1.54) is 5.56 Å². The Balaban J connectivity index is 1.69. The van der Waals surface area contributed by atoms with Gasteiger partial charge in [0.25, 0.3) is 0 Å². The highest BCUT2D eigenvalue weighted by Crippen LogP contribution is 2.31. The normalized spacial score (nSPS) is 22.4. The van der Waals surface area contributed by atoms with Crippen LogP contribution in [0.2, 0.25) is 0 Å². The van der Waals surface area contributed by atoms with Gasteiger partial charge in [-0.25, -0.2) is 0 Å². The van der Waals surface area contributed by atoms with Crippen molar-refractivity contribution in [3.63, 3.8) is 0 Å². The second kappa shape index (κ2) is 5.61. The van der Waals surface area contributed by atoms with Crippen LogP contribution in [0.3, 0.4) is 0 Å². The molecule has 1 aromatic carbocycles. The van der Waals surface area contributed by atoms with Gasteiger partial charge in [0, 0.05) is 35.7 Å². The van der Waals surface area contributed by atoms with Gasteiger partial charge in [-0.3, -0.25) is 4.79 Å². The third-order valence-electron chi connectivity index (χ3n) is 3.66. The molecule has 0 bridgehead atoms. The molecule has 5 heteroatoms. The Bertz CT molecular complexity index is 486. The molecule has 2 aliphatic heterocycles. The van der Waals surface area contributed by atoms with Gasteiger partial charge in [-0.1, -0.05) is 15.9 Å². The number of carbonyl (C=O) groups is 1. The van der Waals surface area contributed by atoms with Crippen LogP contribution in [0.25, 0.3) is 0 Å². The van der Waals surface area contributed by atoms with Gasteiger partial charge in [0.15, 0.2) is 0 Å². The molecule has 2 aliphatic rings. The van der Waals surface area contributed by atoms with Crippen molar-refractivity contribution in [3.8, 4) is 0 Å². The maximum absolute atomic E-state index is 12.4. The number of nitrogens with zero attached hydrogens (tertiary/aromatic N) is 1. The predicted molar refractivity (Wildman–Crippen MR) is 77.4 cm³/mol. The summed E-state index contributed by atoms with van der Waals surface area (Å²) in [6.07, 6.45) is 1.45. The lowest BCUT2D eigenvalue weighted by atomic mass is 10.1. The van der Waals surface area contributed by atoms with E-state index in [-0.39, 0.29) is 11.9 Å². The SMILES string of the molecule is O=C(CC1COCCN1)N1CCc2cc(Br)ccc21. The molecule has 0 spiro atoms. The summed E-state index contributed by atoms with van der Waals surface area (Å²) in [7, 11) is 0. The van der Waals surface area contributed by atoms with Crippen molar-refractivity contribution in [3.05, 3.63) is 28.2 Å². The number of morpholine rings is 1. The molecular formula is C14H17BrN2O2. The number of ether oxygens (including phenoxy) is 1. The van der Waals surface area contributed by atoms with Gasteiger partial charge in [-0.15, -0.1) is 0 Å². The lowest BCUT2D eigenvalue weighted by Gasteiger charge is -2.25. The van der Waals surface area contributed by atoms with Gasteiger partial charge < -0.3 is 15.0 Å². The van der Waals surface area contributed by atoms with E-state index in [2.05, 4.69) is 27.3 Å². The van der Waals surface area contributed by atoms with Crippen LogP contribution in [0.4, 0.5) is 5.69 Å². The first-order chi connectivity index (χ1) is 9.24. The van der Waals surface area contributed by atoms with Crippen molar-refractivity contribution in [1.82, 2.24) is 5.32 Å². The van der Waals surface area contributed by atoms with Gasteiger partial charge in [-0.05, 0) is 30.2 Å². The number of benzene rings is 1. The average molecular weight is 325 g/mol. The molecule has 1 atom stereocenters. The molecule has 1 fully saturated rings. The number of rotatable bonds is 2. The quantitative estimate of drug-likeness (QED) is 0.900. The maximum atomic E-state index is 12.4. The fraction of sp³-hybridized carbons (Fsp3) is 0.500. The molecule has 0 radical (unpaired) electrons. The first-order valence-corrected chi connectivity index (χ1v) is 7.43. The molecule has 1 N–H and O–H groups in total. The van der Waals surface area contributed by atoms with E-state index in [1.807, 2.05) is 17.0 Å². The Hall–Kier alpha value is -0.910. The molecule has 1 unspecified atom stereocenters. The van der Waals surface area contributed by atoms with Crippen LogP contribution < -0.4 is 10.2 Å². The van der Waals surface area contributed by atoms with Crippen LogP contribution in [0.15, 0.2) is 22.7 Å². The van der Waals surface area contributed by atoms with E-state index in [4.69, 9.17) is 4.74 Å². The number of carbonyl (C=O) groups excluding carboxylic acids is 1. The first kappa shape index (κ1) is 13.1. The van der Waals surface area contributed by atoms with Crippen molar-refractivity contribution in [2.75, 3.05) is 31.2 Å². The first-order valence-electron chi connectivity index (χ1n) is 6.64. The predicted octanol–water partition coefficient (Wildman–Crippen LogP) is 1.72. The zero-order valence-corrected chi connectivity index (χ0v) is 12.3. The highest BCUT2D eigenvalue weighted by atomic mass is 79.9. The summed E-state index contributed by atoms with van der Waals surface area (Å²) in [5, 5.41) is 3.33. The molecule has 1 amide bonds. The zero-order valence-electron chi connectivity index (χ0n) is 10.7. The fourth-order valence-electron chi connectivity index (χ4n) is 2.70. The average Bonchev–Trinajstić information content (AvgIpc) is 2.82. The van der Waals surface area contributed by atoms with Crippen molar-refractivity contribution in [1.29, 1.82) is 0 Å². The lowest BCUT2D eigenvalue weighted by molar-refractivity contribution is -0.119. The lowest BCUT2D eigenvalue weighted by Crippen LogP contribution is -2.45. The van der Waals surface area contributed by atoms with Crippen LogP contribution in [-0.2, 0) is 16.0 Å². The van der Waals surface area contributed by atoms with Crippen LogP contribution in [-0.4, -0.2) is 38.3 Å². The van der Waals surface area contributed by atoms with Crippen molar-refractivity contribution in [2.24, 2.45) is 0 Å². The molecule has 0 saturated carbocycles. The van der Waals surface area contributed by atoms with Gasteiger partial charge in [0.05, 0.1) is 13.2 Å². The summed E-state index contributed by atoms with van der Waals surface area (Å²) >= 11 is 3.47. The third kappa shape index (κ3) is 2.83. The van der Waals surface area contributed by atoms with Crippen LogP contribution in [0, 0.1) is 0 Å². The largest absolute Gasteiger partial charge is 0.378 e. The Morgan fingerprint density at radius 2 is 2.42 bits per heavy atom. The van der Waals surface area contributed by atoms with E-state index in [0.29, 0.717) is 13.0 Å². The second-order valence-corrected chi connectivity index (χ2v) is 5.91. The van der Waals surface area contributed by atoms with Gasteiger partial charge in [0.1, 0.15) is 0 Å². The summed E-state index contributed by atoms with van der Waals surface area (Å²) in [6.45, 7) is 3.00. The molecule has 1 saturated heterocycles. The van der Waals surface area contributed by atoms with Crippen LogP contribution in [0.5, 0.6) is 0 Å². The second-order valence-electron chi connectivity index (χ2n) is 5.00. The number of fused-ring (bicyclic) bond motifs is 1. The molecular weight excluding hydrogens is 308 g/mol. The summed E-state index contributed by atoms with van der Waals surface area (Å²) < 4.78 is 6.46. The Morgan fingerprint density at radius 3 is 3.21 bits per heavy atom. The van der Waals surface area contributed by atoms with E-state index >= 15 is 0 Å². The summed E-state index contributed by atoms with van der Waals surface area (Å²) in [6, 6.07) is 6.27. The number of halogens is 1. The minimum Gasteiger partial charge on any atom is -0.378 e. The topological polar surface area (TPSA) is 41.6 Å². The summed E-state index contributed by atoms with van der Waals surface area (Å²) in [5.41, 5.74) is 2.31. The molecule has 19 heavy (non-hydrogen) atoms. The highest BCUT2D eigenvalue weighted by molar-refractivity contribution is 9.10. The molecule has 2 heterocycles. The van der Waals surface area contributed by atoms with Gasteiger partial charge in [0.2, 0.25) is 5.91 Å². The standard InChI is InChI=1S/C14H17BrN2O2/c15-11-1-2-13-10(7-11)3-5-17(13)14(18)8-12-9-19-6-4-16-12/h1-2,7,12,16H,3-6,8-9H2. The Labute approximate surface area is 121 Å². The Kier molecular flexibility index (Phi) is 3.86. The molecule has 0 aliphatic carbocycles. The number of nitrogens with one attached hydrogen (secondary N) is 1. The van der Waals surface area contributed by atoms with Crippen molar-refractivity contribution in [2.45, 2.75) is 18.9 Å². The molecule has 4 nitrogen and oxygen atoms in total. The molecule has 0 aromatic heterocycles. The van der Waals surface area contributed by atoms with Crippen molar-refractivity contribution < 1.29 is 9.53 Å². The minimum atomic E-state index is 0.153. The number of anilines is 1. The molecule has 3 rings (SSSR count). The number of hydrogen-bond donors (Lipinski definition) is 1. The van der Waals surface area contributed by atoms with Gasteiger partial charge >= 0.3 is 0 Å². The fourth-order valence-corrected chi connectivity index (χ4v) is 3.11. The van der Waals surface area contributed by atoms with Crippen LogP contribution in [0.1, 0.15) is 12.0 Å².